The summed E-state index contributed by atoms with van der Waals surface area (Å²) >= 11 is 5.89. The van der Waals surface area contributed by atoms with Crippen molar-refractivity contribution in [2.45, 2.75) is 45.4 Å². The number of carbonyl (C=O) groups is 2. The number of carbonyl (C=O) groups excluding carboxylic acids is 2. The molecular formula is C22H26ClN3O2. The lowest BCUT2D eigenvalue weighted by atomic mass is 9.74. The molecule has 0 radical (unpaired) electrons. The first-order chi connectivity index (χ1) is 13.4. The van der Waals surface area contributed by atoms with Crippen LogP contribution in [0.4, 0.5) is 11.5 Å². The third-order valence-electron chi connectivity index (χ3n) is 5.56. The van der Waals surface area contributed by atoms with Crippen LogP contribution < -0.4 is 10.6 Å². The highest BCUT2D eigenvalue weighted by Crippen LogP contribution is 2.39. The molecule has 2 aromatic rings. The molecule has 5 nitrogen and oxygen atoms in total. The van der Waals surface area contributed by atoms with Crippen molar-refractivity contribution in [2.75, 3.05) is 10.6 Å². The third kappa shape index (κ3) is 5.32. The summed E-state index contributed by atoms with van der Waals surface area (Å²) < 4.78 is 0. The van der Waals surface area contributed by atoms with Gasteiger partial charge >= 0.3 is 0 Å². The van der Waals surface area contributed by atoms with Crippen LogP contribution in [0.2, 0.25) is 5.02 Å². The molecule has 2 amide bonds. The van der Waals surface area contributed by atoms with Gasteiger partial charge in [-0.15, -0.1) is 0 Å². The molecular weight excluding hydrogens is 374 g/mol. The Bertz CT molecular complexity index is 830. The first-order valence-electron chi connectivity index (χ1n) is 9.72. The molecule has 1 heterocycles. The molecule has 1 unspecified atom stereocenters. The average Bonchev–Trinajstić information content (AvgIpc) is 2.69. The maximum absolute atomic E-state index is 12.6. The standard InChI is InChI=1S/C22H26ClN3O2/c1-14(22(28)26-20-9-7-19(23)8-10-20)16-3-5-17(6-4-16)18-11-12-24-21(13-18)25-15(2)27/h7-14,16-17H,3-6H2,1-2H3,(H,26,28)(H,24,25,27). The molecule has 28 heavy (non-hydrogen) atoms. The van der Waals surface area contributed by atoms with E-state index in [1.165, 1.54) is 12.5 Å². The van der Waals surface area contributed by atoms with E-state index in [4.69, 9.17) is 11.6 Å². The maximum Gasteiger partial charge on any atom is 0.227 e. The fraction of sp³-hybridized carbons (Fsp3) is 0.409. The minimum Gasteiger partial charge on any atom is -0.326 e. The molecule has 0 bridgehead atoms. The van der Waals surface area contributed by atoms with Gasteiger partial charge in [0.05, 0.1) is 0 Å². The van der Waals surface area contributed by atoms with Crippen LogP contribution in [0.15, 0.2) is 42.6 Å². The van der Waals surface area contributed by atoms with Gasteiger partial charge in [0.15, 0.2) is 0 Å². The van der Waals surface area contributed by atoms with E-state index < -0.39 is 0 Å². The Hall–Kier alpha value is -2.40. The first kappa shape index (κ1) is 20.3. The van der Waals surface area contributed by atoms with Gasteiger partial charge in [-0.3, -0.25) is 9.59 Å². The SMILES string of the molecule is CC(=O)Nc1cc(C2CCC(C(C)C(=O)Nc3ccc(Cl)cc3)CC2)ccn1. The number of benzene rings is 1. The van der Waals surface area contributed by atoms with Crippen molar-refractivity contribution in [3.63, 3.8) is 0 Å². The van der Waals surface area contributed by atoms with Gasteiger partial charge in [-0.2, -0.15) is 0 Å². The maximum atomic E-state index is 12.6. The Morgan fingerprint density at radius 1 is 1.07 bits per heavy atom. The van der Waals surface area contributed by atoms with Gasteiger partial charge in [-0.1, -0.05) is 18.5 Å². The summed E-state index contributed by atoms with van der Waals surface area (Å²) in [5.41, 5.74) is 1.98. The highest BCUT2D eigenvalue weighted by Gasteiger charge is 2.29. The second kappa shape index (κ2) is 9.20. The first-order valence-corrected chi connectivity index (χ1v) is 10.1. The van der Waals surface area contributed by atoms with Crippen LogP contribution in [0.25, 0.3) is 0 Å². The zero-order valence-corrected chi connectivity index (χ0v) is 17.0. The number of anilines is 2. The summed E-state index contributed by atoms with van der Waals surface area (Å²) in [6, 6.07) is 11.2. The van der Waals surface area contributed by atoms with Crippen LogP contribution in [-0.2, 0) is 9.59 Å². The Morgan fingerprint density at radius 3 is 2.39 bits per heavy atom. The van der Waals surface area contributed by atoms with Crippen LogP contribution >= 0.6 is 11.6 Å². The van der Waals surface area contributed by atoms with E-state index in [1.54, 1.807) is 18.3 Å². The number of hydrogen-bond donors (Lipinski definition) is 2. The van der Waals surface area contributed by atoms with Crippen LogP contribution in [0.5, 0.6) is 0 Å². The Kier molecular flexibility index (Phi) is 6.68. The van der Waals surface area contributed by atoms with E-state index in [9.17, 15) is 9.59 Å². The number of nitrogens with zero attached hydrogens (tertiary/aromatic N) is 1. The number of nitrogens with one attached hydrogen (secondary N) is 2. The Morgan fingerprint density at radius 2 is 1.75 bits per heavy atom. The van der Waals surface area contributed by atoms with Gasteiger partial charge in [0.2, 0.25) is 11.8 Å². The average molecular weight is 400 g/mol. The number of amides is 2. The van der Waals surface area contributed by atoms with E-state index in [1.807, 2.05) is 31.2 Å². The van der Waals surface area contributed by atoms with Crippen molar-refractivity contribution >= 4 is 34.9 Å². The normalized spacial score (nSPS) is 20.2. The van der Waals surface area contributed by atoms with E-state index >= 15 is 0 Å². The Balaban J connectivity index is 1.55. The van der Waals surface area contributed by atoms with E-state index in [-0.39, 0.29) is 17.7 Å². The predicted molar refractivity (Wildman–Crippen MR) is 112 cm³/mol. The Labute approximate surface area is 170 Å². The van der Waals surface area contributed by atoms with Crippen LogP contribution in [0.3, 0.4) is 0 Å². The summed E-state index contributed by atoms with van der Waals surface area (Å²) in [6.45, 7) is 3.49. The summed E-state index contributed by atoms with van der Waals surface area (Å²) in [5.74, 6) is 1.32. The summed E-state index contributed by atoms with van der Waals surface area (Å²) in [6.07, 6.45) is 5.84. The van der Waals surface area contributed by atoms with Crippen LogP contribution in [0, 0.1) is 11.8 Å². The minimum atomic E-state index is -0.117. The summed E-state index contributed by atoms with van der Waals surface area (Å²) in [7, 11) is 0. The molecule has 1 aliphatic carbocycles. The van der Waals surface area contributed by atoms with Gasteiger partial charge in [-0.25, -0.2) is 4.98 Å². The lowest BCUT2D eigenvalue weighted by Crippen LogP contribution is -2.29. The lowest BCUT2D eigenvalue weighted by molar-refractivity contribution is -0.121. The fourth-order valence-electron chi connectivity index (χ4n) is 3.91. The highest BCUT2D eigenvalue weighted by molar-refractivity contribution is 6.30. The second-order valence-electron chi connectivity index (χ2n) is 7.55. The van der Waals surface area contributed by atoms with Gasteiger partial charge in [0.1, 0.15) is 5.82 Å². The fourth-order valence-corrected chi connectivity index (χ4v) is 4.03. The monoisotopic (exact) mass is 399 g/mol. The van der Waals surface area contributed by atoms with E-state index in [2.05, 4.69) is 15.6 Å². The van der Waals surface area contributed by atoms with Gasteiger partial charge in [0.25, 0.3) is 0 Å². The zero-order valence-electron chi connectivity index (χ0n) is 16.2. The number of aromatic nitrogens is 1. The second-order valence-corrected chi connectivity index (χ2v) is 7.99. The third-order valence-corrected chi connectivity index (χ3v) is 5.82. The molecule has 1 fully saturated rings. The molecule has 0 saturated heterocycles. The van der Waals surface area contributed by atoms with Crippen molar-refractivity contribution in [1.29, 1.82) is 0 Å². The smallest absolute Gasteiger partial charge is 0.227 e. The quantitative estimate of drug-likeness (QED) is 0.721. The van der Waals surface area contributed by atoms with Crippen LogP contribution in [0.1, 0.15) is 51.0 Å². The predicted octanol–water partition coefficient (Wildman–Crippen LogP) is 5.24. The molecule has 1 atom stereocenters. The molecule has 1 saturated carbocycles. The molecule has 1 aromatic carbocycles. The van der Waals surface area contributed by atoms with E-state index in [0.29, 0.717) is 22.7 Å². The largest absolute Gasteiger partial charge is 0.326 e. The number of halogens is 1. The number of pyridine rings is 1. The van der Waals surface area contributed by atoms with Gasteiger partial charge < -0.3 is 10.6 Å². The molecule has 6 heteroatoms. The summed E-state index contributed by atoms with van der Waals surface area (Å²) in [5, 5.41) is 6.39. The van der Waals surface area contributed by atoms with Crippen molar-refractivity contribution in [1.82, 2.24) is 4.98 Å². The number of hydrogen-bond acceptors (Lipinski definition) is 3. The van der Waals surface area contributed by atoms with Gasteiger partial charge in [-0.05, 0) is 79.5 Å². The molecule has 0 aliphatic heterocycles. The van der Waals surface area contributed by atoms with Crippen molar-refractivity contribution in [2.24, 2.45) is 11.8 Å². The topological polar surface area (TPSA) is 71.1 Å². The van der Waals surface area contributed by atoms with Gasteiger partial charge in [0, 0.05) is 29.7 Å². The molecule has 1 aliphatic rings. The molecule has 3 rings (SSSR count). The highest BCUT2D eigenvalue weighted by atomic mass is 35.5. The van der Waals surface area contributed by atoms with Crippen molar-refractivity contribution in [3.05, 3.63) is 53.2 Å². The summed E-state index contributed by atoms with van der Waals surface area (Å²) in [4.78, 5) is 28.0. The zero-order chi connectivity index (χ0) is 20.1. The van der Waals surface area contributed by atoms with Crippen molar-refractivity contribution in [3.8, 4) is 0 Å². The van der Waals surface area contributed by atoms with Crippen LogP contribution in [-0.4, -0.2) is 16.8 Å². The molecule has 1 aromatic heterocycles. The molecule has 0 spiro atoms. The minimum absolute atomic E-state index is 0.0380. The molecule has 2 N–H and O–H groups in total. The lowest BCUT2D eigenvalue weighted by Gasteiger charge is -2.32. The van der Waals surface area contributed by atoms with Crippen molar-refractivity contribution < 1.29 is 9.59 Å². The van der Waals surface area contributed by atoms with E-state index in [0.717, 1.165) is 31.4 Å². The molecule has 148 valence electrons. The number of rotatable bonds is 5.